The van der Waals surface area contributed by atoms with Gasteiger partial charge in [-0.15, -0.1) is 0 Å². The Labute approximate surface area is 101 Å². The second kappa shape index (κ2) is 4.01. The van der Waals surface area contributed by atoms with Gasteiger partial charge >= 0.3 is 0 Å². The molecular formula is C13H16N4. The van der Waals surface area contributed by atoms with Gasteiger partial charge in [0.25, 0.3) is 0 Å². The van der Waals surface area contributed by atoms with E-state index < -0.39 is 0 Å². The summed E-state index contributed by atoms with van der Waals surface area (Å²) in [7, 11) is 0. The summed E-state index contributed by atoms with van der Waals surface area (Å²) in [6, 6.07) is 6.28. The van der Waals surface area contributed by atoms with Crippen molar-refractivity contribution in [3.8, 4) is 6.07 Å². The minimum Gasteiger partial charge on any atom is -0.356 e. The van der Waals surface area contributed by atoms with Gasteiger partial charge in [0.1, 0.15) is 11.9 Å². The summed E-state index contributed by atoms with van der Waals surface area (Å²) in [5.74, 6) is 2.47. The van der Waals surface area contributed by atoms with Crippen LogP contribution < -0.4 is 10.6 Å². The fourth-order valence-electron chi connectivity index (χ4n) is 3.17. The van der Waals surface area contributed by atoms with E-state index in [1.165, 1.54) is 0 Å². The Morgan fingerprint density at radius 2 is 2.00 bits per heavy atom. The molecule has 1 saturated heterocycles. The lowest BCUT2D eigenvalue weighted by Crippen LogP contribution is -2.25. The summed E-state index contributed by atoms with van der Waals surface area (Å²) in [5.41, 5.74) is 6.60. The molecule has 4 heteroatoms. The Kier molecular flexibility index (Phi) is 2.49. The first kappa shape index (κ1) is 10.5. The van der Waals surface area contributed by atoms with E-state index in [-0.39, 0.29) is 0 Å². The van der Waals surface area contributed by atoms with E-state index >= 15 is 0 Å². The van der Waals surface area contributed by atoms with Crippen LogP contribution in [0.5, 0.6) is 0 Å². The summed E-state index contributed by atoms with van der Waals surface area (Å²) in [6.07, 6.45) is 3.95. The van der Waals surface area contributed by atoms with Crippen LogP contribution in [0.25, 0.3) is 0 Å². The smallest absolute Gasteiger partial charge is 0.128 e. The summed E-state index contributed by atoms with van der Waals surface area (Å²) >= 11 is 0. The highest BCUT2D eigenvalue weighted by atomic mass is 15.2. The molecule has 2 aliphatic rings. The largest absolute Gasteiger partial charge is 0.356 e. The first-order chi connectivity index (χ1) is 8.26. The molecule has 1 saturated carbocycles. The molecule has 1 aromatic heterocycles. The predicted molar refractivity (Wildman–Crippen MR) is 65.4 cm³/mol. The van der Waals surface area contributed by atoms with E-state index in [4.69, 9.17) is 11.0 Å². The molecule has 1 aliphatic carbocycles. The number of pyridine rings is 1. The fraction of sp³-hybridized carbons (Fsp3) is 0.538. The van der Waals surface area contributed by atoms with Gasteiger partial charge in [0, 0.05) is 25.3 Å². The Morgan fingerprint density at radius 1 is 1.29 bits per heavy atom. The highest BCUT2D eigenvalue weighted by molar-refractivity contribution is 5.43. The SMILES string of the molecule is N#Cc1ccc(N2C[C@H]3CC(N)C[C@H]3C2)nc1. The maximum atomic E-state index is 8.74. The van der Waals surface area contributed by atoms with Crippen molar-refractivity contribution in [1.29, 1.82) is 5.26 Å². The summed E-state index contributed by atoms with van der Waals surface area (Å²) in [6.45, 7) is 2.13. The number of nitriles is 1. The Balaban J connectivity index is 1.73. The van der Waals surface area contributed by atoms with Gasteiger partial charge in [-0.25, -0.2) is 4.98 Å². The van der Waals surface area contributed by atoms with E-state index in [0.717, 1.165) is 43.6 Å². The number of anilines is 1. The van der Waals surface area contributed by atoms with Crippen LogP contribution in [0.4, 0.5) is 5.82 Å². The molecule has 17 heavy (non-hydrogen) atoms. The van der Waals surface area contributed by atoms with Crippen molar-refractivity contribution in [3.63, 3.8) is 0 Å². The van der Waals surface area contributed by atoms with Gasteiger partial charge in [-0.05, 0) is 36.8 Å². The van der Waals surface area contributed by atoms with Crippen LogP contribution in [0.3, 0.4) is 0 Å². The molecule has 1 unspecified atom stereocenters. The van der Waals surface area contributed by atoms with Gasteiger partial charge < -0.3 is 10.6 Å². The Bertz CT molecular complexity index is 433. The maximum Gasteiger partial charge on any atom is 0.128 e. The van der Waals surface area contributed by atoms with E-state index in [0.29, 0.717) is 11.6 Å². The quantitative estimate of drug-likeness (QED) is 0.782. The fourth-order valence-corrected chi connectivity index (χ4v) is 3.17. The van der Waals surface area contributed by atoms with E-state index in [1.54, 1.807) is 6.20 Å². The molecule has 0 aromatic carbocycles. The van der Waals surface area contributed by atoms with Gasteiger partial charge in [0.15, 0.2) is 0 Å². The minimum atomic E-state index is 0.404. The second-order valence-corrected chi connectivity index (χ2v) is 5.17. The number of nitrogens with two attached hydrogens (primary N) is 1. The number of hydrogen-bond donors (Lipinski definition) is 1. The van der Waals surface area contributed by atoms with Crippen molar-refractivity contribution >= 4 is 5.82 Å². The van der Waals surface area contributed by atoms with Gasteiger partial charge in [-0.3, -0.25) is 0 Å². The molecule has 2 N–H and O–H groups in total. The monoisotopic (exact) mass is 228 g/mol. The zero-order valence-electron chi connectivity index (χ0n) is 9.71. The average molecular weight is 228 g/mol. The third kappa shape index (κ3) is 1.87. The molecule has 2 fully saturated rings. The average Bonchev–Trinajstić information content (AvgIpc) is 2.86. The normalized spacial score (nSPS) is 31.3. The lowest BCUT2D eigenvalue weighted by Gasteiger charge is -2.19. The zero-order chi connectivity index (χ0) is 11.8. The third-order valence-corrected chi connectivity index (χ3v) is 3.99. The zero-order valence-corrected chi connectivity index (χ0v) is 9.71. The van der Waals surface area contributed by atoms with E-state index in [1.807, 2.05) is 12.1 Å². The van der Waals surface area contributed by atoms with Crippen molar-refractivity contribution in [1.82, 2.24) is 4.98 Å². The number of rotatable bonds is 1. The van der Waals surface area contributed by atoms with Crippen molar-refractivity contribution in [2.24, 2.45) is 17.6 Å². The maximum absolute atomic E-state index is 8.74. The number of nitrogens with zero attached hydrogens (tertiary/aromatic N) is 3. The molecule has 0 radical (unpaired) electrons. The molecule has 1 aliphatic heterocycles. The first-order valence-electron chi connectivity index (χ1n) is 6.13. The van der Waals surface area contributed by atoms with Gasteiger partial charge in [0.05, 0.1) is 5.56 Å². The molecule has 0 bridgehead atoms. The molecule has 4 nitrogen and oxygen atoms in total. The minimum absolute atomic E-state index is 0.404. The standard InChI is InChI=1S/C13H16N4/c14-5-9-1-2-13(16-6-9)17-7-10-3-12(15)4-11(10)8-17/h1-2,6,10-12H,3-4,7-8,15H2/t10-,11+,12?. The lowest BCUT2D eigenvalue weighted by molar-refractivity contribution is 0.494. The van der Waals surface area contributed by atoms with Crippen molar-refractivity contribution in [3.05, 3.63) is 23.9 Å². The molecule has 1 aromatic rings. The van der Waals surface area contributed by atoms with E-state index in [9.17, 15) is 0 Å². The summed E-state index contributed by atoms with van der Waals surface area (Å²) in [4.78, 5) is 6.67. The van der Waals surface area contributed by atoms with Crippen LogP contribution in [-0.2, 0) is 0 Å². The summed E-state index contributed by atoms with van der Waals surface area (Å²) in [5, 5.41) is 8.74. The summed E-state index contributed by atoms with van der Waals surface area (Å²) < 4.78 is 0. The Morgan fingerprint density at radius 3 is 2.53 bits per heavy atom. The van der Waals surface area contributed by atoms with Gasteiger partial charge in [-0.1, -0.05) is 0 Å². The van der Waals surface area contributed by atoms with Gasteiger partial charge in [-0.2, -0.15) is 5.26 Å². The number of aromatic nitrogens is 1. The molecule has 3 rings (SSSR count). The van der Waals surface area contributed by atoms with Crippen LogP contribution in [-0.4, -0.2) is 24.1 Å². The highest BCUT2D eigenvalue weighted by Gasteiger charge is 2.39. The number of fused-ring (bicyclic) bond motifs is 1. The third-order valence-electron chi connectivity index (χ3n) is 3.99. The van der Waals surface area contributed by atoms with Crippen LogP contribution in [0, 0.1) is 23.2 Å². The molecule has 88 valence electrons. The second-order valence-electron chi connectivity index (χ2n) is 5.17. The first-order valence-corrected chi connectivity index (χ1v) is 6.13. The molecule has 0 spiro atoms. The van der Waals surface area contributed by atoms with Crippen LogP contribution in [0.1, 0.15) is 18.4 Å². The van der Waals surface area contributed by atoms with E-state index in [2.05, 4.69) is 16.0 Å². The molecule has 3 atom stereocenters. The van der Waals surface area contributed by atoms with Crippen LogP contribution in [0.15, 0.2) is 18.3 Å². The van der Waals surface area contributed by atoms with Crippen molar-refractivity contribution in [2.75, 3.05) is 18.0 Å². The lowest BCUT2D eigenvalue weighted by atomic mass is 10.0. The van der Waals surface area contributed by atoms with Crippen molar-refractivity contribution in [2.45, 2.75) is 18.9 Å². The number of hydrogen-bond acceptors (Lipinski definition) is 4. The van der Waals surface area contributed by atoms with Gasteiger partial charge in [0.2, 0.25) is 0 Å². The highest BCUT2D eigenvalue weighted by Crippen LogP contribution is 2.38. The predicted octanol–water partition coefficient (Wildman–Crippen LogP) is 1.13. The molecule has 0 amide bonds. The Hall–Kier alpha value is -1.60. The van der Waals surface area contributed by atoms with Crippen LogP contribution in [0.2, 0.25) is 0 Å². The van der Waals surface area contributed by atoms with Crippen molar-refractivity contribution < 1.29 is 0 Å². The molecule has 2 heterocycles. The topological polar surface area (TPSA) is 65.9 Å². The molecular weight excluding hydrogens is 212 g/mol. The van der Waals surface area contributed by atoms with Crippen LogP contribution >= 0.6 is 0 Å².